The maximum Gasteiger partial charge on any atom is 0.257 e. The average Bonchev–Trinajstić information content (AvgIpc) is 3.18. The first kappa shape index (κ1) is 15.2. The lowest BCUT2D eigenvalue weighted by Crippen LogP contribution is -2.12. The normalized spacial score (nSPS) is 11.0. The van der Waals surface area contributed by atoms with E-state index in [9.17, 15) is 4.79 Å². The fourth-order valence-corrected chi connectivity index (χ4v) is 2.70. The second-order valence-electron chi connectivity index (χ2n) is 5.31. The van der Waals surface area contributed by atoms with Crippen molar-refractivity contribution in [3.8, 4) is 5.69 Å². The van der Waals surface area contributed by atoms with E-state index >= 15 is 0 Å². The predicted octanol–water partition coefficient (Wildman–Crippen LogP) is 2.20. The molecule has 1 N–H and O–H groups in total. The van der Waals surface area contributed by atoms with E-state index in [2.05, 4.69) is 31.0 Å². The summed E-state index contributed by atoms with van der Waals surface area (Å²) in [6.45, 7) is 5.99. The van der Waals surface area contributed by atoms with Gasteiger partial charge in [0.15, 0.2) is 0 Å². The molecule has 0 unspecified atom stereocenters. The number of tetrazole rings is 1. The van der Waals surface area contributed by atoms with Crippen LogP contribution in [0.1, 0.15) is 40.7 Å². The number of nitrogens with one attached hydrogen (secondary N) is 1. The molecular weight excluding hydrogens is 314 g/mol. The maximum absolute atomic E-state index is 12.4. The van der Waals surface area contributed by atoms with Crippen molar-refractivity contribution >= 4 is 22.4 Å². The summed E-state index contributed by atoms with van der Waals surface area (Å²) in [5.41, 5.74) is 2.22. The molecule has 0 radical (unpaired) electrons. The SMILES string of the molecule is Cc1ccc(C(=O)Nc2nnc(C(C)C)s2)cc1-n1cnnn1. The van der Waals surface area contributed by atoms with E-state index in [0.29, 0.717) is 10.7 Å². The van der Waals surface area contributed by atoms with Gasteiger partial charge in [-0.3, -0.25) is 10.1 Å². The fraction of sp³-hybridized carbons (Fsp3) is 0.286. The number of hydrogen-bond acceptors (Lipinski definition) is 7. The van der Waals surface area contributed by atoms with Gasteiger partial charge in [-0.15, -0.1) is 15.3 Å². The lowest BCUT2D eigenvalue weighted by atomic mass is 10.1. The molecule has 0 atom stereocenters. The molecule has 3 aromatic rings. The number of aryl methyl sites for hydroxylation is 1. The quantitative estimate of drug-likeness (QED) is 0.788. The minimum Gasteiger partial charge on any atom is -0.296 e. The van der Waals surface area contributed by atoms with Crippen LogP contribution in [0.2, 0.25) is 0 Å². The highest BCUT2D eigenvalue weighted by atomic mass is 32.1. The number of benzene rings is 1. The Bertz CT molecular complexity index is 826. The zero-order valence-corrected chi connectivity index (χ0v) is 13.7. The third kappa shape index (κ3) is 3.24. The van der Waals surface area contributed by atoms with Gasteiger partial charge in [0.1, 0.15) is 11.3 Å². The van der Waals surface area contributed by atoms with Gasteiger partial charge in [-0.25, -0.2) is 4.68 Å². The molecule has 1 amide bonds. The summed E-state index contributed by atoms with van der Waals surface area (Å²) in [5.74, 6) is 0.0368. The van der Waals surface area contributed by atoms with Crippen molar-refractivity contribution in [1.82, 2.24) is 30.4 Å². The van der Waals surface area contributed by atoms with Crippen molar-refractivity contribution in [2.45, 2.75) is 26.7 Å². The maximum atomic E-state index is 12.4. The molecule has 23 heavy (non-hydrogen) atoms. The Morgan fingerprint density at radius 2 is 2.13 bits per heavy atom. The van der Waals surface area contributed by atoms with Crippen LogP contribution in [0.4, 0.5) is 5.13 Å². The molecule has 8 nitrogen and oxygen atoms in total. The molecule has 0 aliphatic rings. The molecule has 0 saturated carbocycles. The predicted molar refractivity (Wildman–Crippen MR) is 85.8 cm³/mol. The number of rotatable bonds is 4. The van der Waals surface area contributed by atoms with Crippen LogP contribution in [0.25, 0.3) is 5.69 Å². The van der Waals surface area contributed by atoms with Gasteiger partial charge < -0.3 is 0 Å². The van der Waals surface area contributed by atoms with Crippen LogP contribution in [0.3, 0.4) is 0 Å². The van der Waals surface area contributed by atoms with Crippen LogP contribution >= 0.6 is 11.3 Å². The van der Waals surface area contributed by atoms with E-state index in [4.69, 9.17) is 0 Å². The summed E-state index contributed by atoms with van der Waals surface area (Å²) in [6, 6.07) is 5.35. The number of aromatic nitrogens is 6. The van der Waals surface area contributed by atoms with Gasteiger partial charge in [-0.2, -0.15) is 0 Å². The Labute approximate surface area is 136 Å². The highest BCUT2D eigenvalue weighted by molar-refractivity contribution is 7.15. The molecule has 118 valence electrons. The standard InChI is InChI=1S/C14H15N7OS/c1-8(2)13-17-18-14(23-13)16-12(22)10-5-4-9(3)11(6-10)21-7-15-19-20-21/h4-8H,1-3H3,(H,16,18,22). The Balaban J connectivity index is 1.83. The molecule has 0 bridgehead atoms. The van der Waals surface area contributed by atoms with Crippen LogP contribution in [-0.2, 0) is 0 Å². The van der Waals surface area contributed by atoms with Crippen molar-refractivity contribution in [3.63, 3.8) is 0 Å². The van der Waals surface area contributed by atoms with E-state index in [1.54, 1.807) is 12.1 Å². The third-order valence-electron chi connectivity index (χ3n) is 3.22. The second-order valence-corrected chi connectivity index (χ2v) is 6.32. The minimum absolute atomic E-state index is 0.245. The van der Waals surface area contributed by atoms with E-state index in [1.807, 2.05) is 26.8 Å². The molecule has 1 aromatic carbocycles. The first-order valence-corrected chi connectivity index (χ1v) is 7.85. The number of hydrogen-bond donors (Lipinski definition) is 1. The number of anilines is 1. The fourth-order valence-electron chi connectivity index (χ4n) is 1.96. The molecule has 2 heterocycles. The molecule has 0 spiro atoms. The Kier molecular flexibility index (Phi) is 4.11. The Morgan fingerprint density at radius 1 is 1.30 bits per heavy atom. The van der Waals surface area contributed by atoms with Gasteiger partial charge >= 0.3 is 0 Å². The van der Waals surface area contributed by atoms with Gasteiger partial charge in [0.2, 0.25) is 5.13 Å². The largest absolute Gasteiger partial charge is 0.296 e. The molecule has 2 aromatic heterocycles. The summed E-state index contributed by atoms with van der Waals surface area (Å²) in [4.78, 5) is 12.4. The molecule has 0 saturated heterocycles. The molecule has 0 aliphatic carbocycles. The van der Waals surface area contributed by atoms with Gasteiger partial charge in [0.25, 0.3) is 5.91 Å². The van der Waals surface area contributed by atoms with Crippen LogP contribution < -0.4 is 5.32 Å². The summed E-state index contributed by atoms with van der Waals surface area (Å²) in [5, 5.41) is 23.3. The lowest BCUT2D eigenvalue weighted by Gasteiger charge is -2.07. The second kappa shape index (κ2) is 6.21. The van der Waals surface area contributed by atoms with Crippen LogP contribution in [0.5, 0.6) is 0 Å². The zero-order chi connectivity index (χ0) is 16.4. The van der Waals surface area contributed by atoms with Crippen LogP contribution in [0.15, 0.2) is 24.5 Å². The Morgan fingerprint density at radius 3 is 2.78 bits per heavy atom. The first-order valence-electron chi connectivity index (χ1n) is 7.03. The smallest absolute Gasteiger partial charge is 0.257 e. The van der Waals surface area contributed by atoms with E-state index in [1.165, 1.54) is 22.3 Å². The van der Waals surface area contributed by atoms with Crippen molar-refractivity contribution in [1.29, 1.82) is 0 Å². The van der Waals surface area contributed by atoms with E-state index in [0.717, 1.165) is 16.3 Å². The van der Waals surface area contributed by atoms with E-state index < -0.39 is 0 Å². The summed E-state index contributed by atoms with van der Waals surface area (Å²) in [6.07, 6.45) is 1.49. The zero-order valence-electron chi connectivity index (χ0n) is 12.9. The van der Waals surface area contributed by atoms with Gasteiger partial charge in [0, 0.05) is 11.5 Å². The highest BCUT2D eigenvalue weighted by Crippen LogP contribution is 2.23. The minimum atomic E-state index is -0.245. The molecule has 0 fully saturated rings. The average molecular weight is 329 g/mol. The summed E-state index contributed by atoms with van der Waals surface area (Å²) < 4.78 is 1.52. The lowest BCUT2D eigenvalue weighted by molar-refractivity contribution is 0.102. The third-order valence-corrected chi connectivity index (χ3v) is 4.36. The van der Waals surface area contributed by atoms with Crippen molar-refractivity contribution in [2.75, 3.05) is 5.32 Å². The molecular formula is C14H15N7OS. The number of carbonyl (C=O) groups is 1. The van der Waals surface area contributed by atoms with Crippen molar-refractivity contribution in [2.24, 2.45) is 0 Å². The molecule has 0 aliphatic heterocycles. The number of amides is 1. The first-order chi connectivity index (χ1) is 11.0. The summed E-state index contributed by atoms with van der Waals surface area (Å²) >= 11 is 1.38. The highest BCUT2D eigenvalue weighted by Gasteiger charge is 2.14. The van der Waals surface area contributed by atoms with E-state index in [-0.39, 0.29) is 11.8 Å². The van der Waals surface area contributed by atoms with Crippen LogP contribution in [0, 0.1) is 6.92 Å². The molecule has 3 rings (SSSR count). The van der Waals surface area contributed by atoms with Crippen molar-refractivity contribution < 1.29 is 4.79 Å². The Hall–Kier alpha value is -2.68. The van der Waals surface area contributed by atoms with Crippen molar-refractivity contribution in [3.05, 3.63) is 40.7 Å². The topological polar surface area (TPSA) is 98.5 Å². The van der Waals surface area contributed by atoms with Crippen LogP contribution in [-0.4, -0.2) is 36.3 Å². The summed E-state index contributed by atoms with van der Waals surface area (Å²) in [7, 11) is 0. The molecule has 9 heteroatoms. The van der Waals surface area contributed by atoms with Gasteiger partial charge in [-0.1, -0.05) is 31.3 Å². The number of carbonyl (C=O) groups excluding carboxylic acids is 1. The van der Waals surface area contributed by atoms with Gasteiger partial charge in [0.05, 0.1) is 5.69 Å². The van der Waals surface area contributed by atoms with Gasteiger partial charge in [-0.05, 0) is 35.0 Å². The number of nitrogens with zero attached hydrogens (tertiary/aromatic N) is 6. The monoisotopic (exact) mass is 329 g/mol.